The van der Waals surface area contributed by atoms with Crippen molar-refractivity contribution in [3.8, 4) is 0 Å². The van der Waals surface area contributed by atoms with E-state index in [4.69, 9.17) is 9.31 Å². The Morgan fingerprint density at radius 2 is 1.96 bits per heavy atom. The monoisotopic (exact) mass is 325 g/mol. The zero-order valence-electron chi connectivity index (χ0n) is 14.1. The lowest BCUT2D eigenvalue weighted by Crippen LogP contribution is -2.49. The first-order valence-electron chi connectivity index (χ1n) is 7.95. The number of rotatable bonds is 3. The summed E-state index contributed by atoms with van der Waals surface area (Å²) in [6.07, 6.45) is -0.418. The molecule has 0 bridgehead atoms. The topological polar surface area (TPSA) is 61.6 Å². The molecule has 1 aliphatic heterocycles. The van der Waals surface area contributed by atoms with Gasteiger partial charge in [-0.05, 0) is 18.5 Å². The molecular formula is C18H20BNO4. The van der Waals surface area contributed by atoms with E-state index in [0.29, 0.717) is 12.2 Å². The van der Waals surface area contributed by atoms with Crippen LogP contribution in [0.15, 0.2) is 48.5 Å². The highest BCUT2D eigenvalue weighted by molar-refractivity contribution is 6.61. The quantitative estimate of drug-likeness (QED) is 0.493. The zero-order chi connectivity index (χ0) is 17.3. The van der Waals surface area contributed by atoms with Crippen molar-refractivity contribution in [3.63, 3.8) is 0 Å². The summed E-state index contributed by atoms with van der Waals surface area (Å²) >= 11 is 0. The fraction of sp³-hybridized carbons (Fsp3) is 0.333. The van der Waals surface area contributed by atoms with Crippen molar-refractivity contribution in [1.29, 1.82) is 0 Å². The highest BCUT2D eigenvalue weighted by Crippen LogP contribution is 2.43. The number of hydrogen-bond donors (Lipinski definition) is 0. The van der Waals surface area contributed by atoms with Crippen molar-refractivity contribution in [2.75, 3.05) is 6.61 Å². The summed E-state index contributed by atoms with van der Waals surface area (Å²) in [5.41, 5.74) is 2.35. The molecule has 6 heteroatoms. The van der Waals surface area contributed by atoms with Crippen molar-refractivity contribution >= 4 is 18.3 Å². The van der Waals surface area contributed by atoms with Crippen molar-refractivity contribution in [2.45, 2.75) is 26.9 Å². The van der Waals surface area contributed by atoms with E-state index in [9.17, 15) is 10.1 Å². The van der Waals surface area contributed by atoms with E-state index in [1.54, 1.807) is 18.2 Å². The average molecular weight is 325 g/mol. The molecule has 0 spiro atoms. The number of aryl methyl sites for hydroxylation is 1. The second-order valence-corrected chi connectivity index (χ2v) is 6.88. The number of nitro groups is 1. The van der Waals surface area contributed by atoms with E-state index in [1.165, 1.54) is 6.07 Å². The summed E-state index contributed by atoms with van der Waals surface area (Å²) in [5, 5.41) is 11.4. The van der Waals surface area contributed by atoms with Gasteiger partial charge in [-0.25, -0.2) is 0 Å². The number of nitro benzene ring substituents is 1. The van der Waals surface area contributed by atoms with Crippen LogP contribution in [0.2, 0.25) is 0 Å². The molecule has 0 aliphatic carbocycles. The molecule has 0 amide bonds. The highest BCUT2D eigenvalue weighted by atomic mass is 16.6. The largest absolute Gasteiger partial charge is 0.494 e. The molecule has 0 aromatic heterocycles. The fourth-order valence-corrected chi connectivity index (χ4v) is 3.07. The van der Waals surface area contributed by atoms with Crippen LogP contribution in [0.5, 0.6) is 0 Å². The molecule has 1 heterocycles. The van der Waals surface area contributed by atoms with Crippen LogP contribution in [-0.4, -0.2) is 18.6 Å². The van der Waals surface area contributed by atoms with Crippen LogP contribution in [0.1, 0.15) is 31.1 Å². The summed E-state index contributed by atoms with van der Waals surface area (Å²) in [6.45, 7) is 6.47. The van der Waals surface area contributed by atoms with E-state index >= 15 is 0 Å². The van der Waals surface area contributed by atoms with Crippen LogP contribution in [0.3, 0.4) is 0 Å². The van der Waals surface area contributed by atoms with Crippen LogP contribution >= 0.6 is 0 Å². The number of para-hydroxylation sites is 1. The molecule has 0 radical (unpaired) electrons. The second kappa shape index (κ2) is 6.38. The van der Waals surface area contributed by atoms with Crippen molar-refractivity contribution in [3.05, 3.63) is 69.8 Å². The predicted octanol–water partition coefficient (Wildman–Crippen LogP) is 3.41. The number of hydrogen-bond acceptors (Lipinski definition) is 4. The van der Waals surface area contributed by atoms with Gasteiger partial charge >= 0.3 is 7.12 Å². The minimum Gasteiger partial charge on any atom is -0.407 e. The Balaban J connectivity index is 1.97. The lowest BCUT2D eigenvalue weighted by atomic mass is 9.72. The molecule has 1 unspecified atom stereocenters. The van der Waals surface area contributed by atoms with Gasteiger partial charge in [-0.1, -0.05) is 55.8 Å². The lowest BCUT2D eigenvalue weighted by molar-refractivity contribution is -0.386. The maximum absolute atomic E-state index is 11.4. The molecule has 1 aliphatic rings. The van der Waals surface area contributed by atoms with Crippen molar-refractivity contribution in [1.82, 2.24) is 0 Å². The Morgan fingerprint density at radius 1 is 1.21 bits per heavy atom. The van der Waals surface area contributed by atoms with Gasteiger partial charge in [0.2, 0.25) is 0 Å². The van der Waals surface area contributed by atoms with Gasteiger partial charge in [0.25, 0.3) is 5.69 Å². The van der Waals surface area contributed by atoms with Crippen LogP contribution in [-0.2, 0) is 9.31 Å². The van der Waals surface area contributed by atoms with Crippen molar-refractivity contribution in [2.24, 2.45) is 5.41 Å². The molecule has 1 atom stereocenters. The molecule has 124 valence electrons. The minimum atomic E-state index is -0.525. The first kappa shape index (κ1) is 16.7. The normalized spacial score (nSPS) is 20.0. The third kappa shape index (κ3) is 3.20. The smallest absolute Gasteiger partial charge is 0.407 e. The molecular weight excluding hydrogens is 305 g/mol. The Hall–Kier alpha value is -2.18. The molecule has 5 nitrogen and oxygen atoms in total. The molecule has 1 saturated heterocycles. The Kier molecular flexibility index (Phi) is 4.43. The Morgan fingerprint density at radius 3 is 2.67 bits per heavy atom. The van der Waals surface area contributed by atoms with Gasteiger partial charge in [0.05, 0.1) is 16.6 Å². The summed E-state index contributed by atoms with van der Waals surface area (Å²) < 4.78 is 12.1. The third-order valence-electron chi connectivity index (χ3n) is 4.31. The summed E-state index contributed by atoms with van der Waals surface area (Å²) in [5.74, 6) is 0. The number of nitrogens with zero attached hydrogens (tertiary/aromatic N) is 1. The van der Waals surface area contributed by atoms with Crippen LogP contribution in [0.4, 0.5) is 5.69 Å². The van der Waals surface area contributed by atoms with Gasteiger partial charge in [0, 0.05) is 18.1 Å². The van der Waals surface area contributed by atoms with Gasteiger partial charge in [-0.3, -0.25) is 10.1 Å². The summed E-state index contributed by atoms with van der Waals surface area (Å²) in [6, 6.07) is 14.7. The molecule has 2 aromatic rings. The maximum Gasteiger partial charge on any atom is 0.494 e. The van der Waals surface area contributed by atoms with Crippen LogP contribution < -0.4 is 5.46 Å². The average Bonchev–Trinajstić information content (AvgIpc) is 2.54. The van der Waals surface area contributed by atoms with E-state index in [-0.39, 0.29) is 16.0 Å². The molecule has 1 fully saturated rings. The molecule has 24 heavy (non-hydrogen) atoms. The predicted molar refractivity (Wildman–Crippen MR) is 93.2 cm³/mol. The zero-order valence-corrected chi connectivity index (χ0v) is 14.1. The van der Waals surface area contributed by atoms with Crippen LogP contribution in [0.25, 0.3) is 0 Å². The van der Waals surface area contributed by atoms with E-state index in [2.05, 4.69) is 0 Å². The molecule has 3 rings (SSSR count). The molecule has 0 saturated carbocycles. The summed E-state index contributed by atoms with van der Waals surface area (Å²) in [7, 11) is -0.525. The van der Waals surface area contributed by atoms with Gasteiger partial charge in [-0.2, -0.15) is 0 Å². The maximum atomic E-state index is 11.4. The minimum absolute atomic E-state index is 0.0838. The van der Waals surface area contributed by atoms with E-state index in [0.717, 1.165) is 11.0 Å². The first-order chi connectivity index (χ1) is 11.4. The van der Waals surface area contributed by atoms with Gasteiger partial charge in [0.15, 0.2) is 0 Å². The number of benzene rings is 2. The molecule has 2 aromatic carbocycles. The summed E-state index contributed by atoms with van der Waals surface area (Å²) in [4.78, 5) is 11.0. The first-order valence-corrected chi connectivity index (χ1v) is 7.95. The molecule has 0 N–H and O–H groups in total. The standard InChI is InChI=1S/C18H20BNO4/c1-13-7-6-8-14(11-13)19-23-12-18(2,3)17(24-19)15-9-4-5-10-16(15)20(21)22/h4-11,17H,12H2,1-3H3. The van der Waals surface area contributed by atoms with Crippen molar-refractivity contribution < 1.29 is 14.2 Å². The second-order valence-electron chi connectivity index (χ2n) is 6.88. The Labute approximate surface area is 141 Å². The van der Waals surface area contributed by atoms with Crippen LogP contribution in [0, 0.1) is 22.5 Å². The van der Waals surface area contributed by atoms with Gasteiger partial charge in [0.1, 0.15) is 0 Å². The van der Waals surface area contributed by atoms with Gasteiger partial charge < -0.3 is 9.31 Å². The highest BCUT2D eigenvalue weighted by Gasteiger charge is 2.44. The third-order valence-corrected chi connectivity index (χ3v) is 4.31. The van der Waals surface area contributed by atoms with E-state index < -0.39 is 13.2 Å². The Bertz CT molecular complexity index is 762. The lowest BCUT2D eigenvalue weighted by Gasteiger charge is -2.41. The van der Waals surface area contributed by atoms with Gasteiger partial charge in [-0.15, -0.1) is 0 Å². The SMILES string of the molecule is Cc1cccc(B2OCC(C)(C)C(c3ccccc3[N+](=O)[O-])O2)c1. The van der Waals surface area contributed by atoms with E-state index in [1.807, 2.05) is 45.0 Å². The fourth-order valence-electron chi connectivity index (χ4n) is 3.07.